The lowest BCUT2D eigenvalue weighted by molar-refractivity contribution is -0.134. The first-order valence-corrected chi connectivity index (χ1v) is 7.47. The Bertz CT molecular complexity index is 614. The van der Waals surface area contributed by atoms with Crippen molar-refractivity contribution in [2.45, 2.75) is 25.8 Å². The summed E-state index contributed by atoms with van der Waals surface area (Å²) in [4.78, 5) is 37.4. The molecule has 0 aliphatic carbocycles. The molecule has 0 bridgehead atoms. The molecule has 0 spiro atoms. The van der Waals surface area contributed by atoms with E-state index < -0.39 is 17.5 Å². The molecular weight excluding hydrogens is 298 g/mol. The molecule has 23 heavy (non-hydrogen) atoms. The van der Waals surface area contributed by atoms with Gasteiger partial charge in [0.25, 0.3) is 5.91 Å². The number of ether oxygens (including phenoxy) is 1. The van der Waals surface area contributed by atoms with Crippen LogP contribution in [0.25, 0.3) is 0 Å². The highest BCUT2D eigenvalue weighted by Crippen LogP contribution is 2.29. The molecule has 0 saturated carbocycles. The van der Waals surface area contributed by atoms with Gasteiger partial charge in [-0.05, 0) is 31.0 Å². The second-order valence-corrected chi connectivity index (χ2v) is 5.52. The summed E-state index contributed by atoms with van der Waals surface area (Å²) in [6.45, 7) is 3.78. The van der Waals surface area contributed by atoms with Gasteiger partial charge in [0.1, 0.15) is 17.8 Å². The van der Waals surface area contributed by atoms with Gasteiger partial charge in [0, 0.05) is 6.54 Å². The number of amides is 4. The van der Waals surface area contributed by atoms with Crippen LogP contribution in [0, 0.1) is 0 Å². The van der Waals surface area contributed by atoms with Crippen molar-refractivity contribution in [3.05, 3.63) is 29.8 Å². The van der Waals surface area contributed by atoms with Crippen LogP contribution in [0.2, 0.25) is 0 Å². The Kier molecular flexibility index (Phi) is 4.88. The molecular formula is C16H21N3O4. The highest BCUT2D eigenvalue weighted by atomic mass is 16.5. The van der Waals surface area contributed by atoms with Crippen LogP contribution in [0.4, 0.5) is 4.79 Å². The molecule has 1 heterocycles. The molecule has 0 aromatic heterocycles. The molecule has 7 nitrogen and oxygen atoms in total. The molecule has 1 aliphatic rings. The average Bonchev–Trinajstić information content (AvgIpc) is 2.77. The van der Waals surface area contributed by atoms with Crippen molar-refractivity contribution >= 4 is 17.8 Å². The first kappa shape index (κ1) is 16.8. The van der Waals surface area contributed by atoms with Crippen molar-refractivity contribution in [2.24, 2.45) is 0 Å². The largest absolute Gasteiger partial charge is 0.497 e. The van der Waals surface area contributed by atoms with Crippen LogP contribution in [0.1, 0.15) is 25.8 Å². The predicted octanol–water partition coefficient (Wildman–Crippen LogP) is 0.988. The Morgan fingerprint density at radius 3 is 2.52 bits per heavy atom. The number of benzene rings is 1. The molecule has 2 rings (SSSR count). The third-order valence-corrected chi connectivity index (χ3v) is 3.82. The highest BCUT2D eigenvalue weighted by Gasteiger charge is 2.49. The van der Waals surface area contributed by atoms with E-state index in [0.29, 0.717) is 17.9 Å². The van der Waals surface area contributed by atoms with Gasteiger partial charge in [0.2, 0.25) is 5.91 Å². The fourth-order valence-corrected chi connectivity index (χ4v) is 2.42. The van der Waals surface area contributed by atoms with Crippen LogP contribution < -0.4 is 15.4 Å². The van der Waals surface area contributed by atoms with Gasteiger partial charge in [-0.1, -0.05) is 19.1 Å². The molecule has 124 valence electrons. The standard InChI is InChI=1S/C16H21N3O4/c1-4-9-17-13(20)10-19-14(21)16(2,18-15(19)22)11-5-7-12(23-3)8-6-11/h5-8H,4,9-10H2,1-3H3,(H,17,20)(H,18,22). The van der Waals surface area contributed by atoms with E-state index in [1.807, 2.05) is 6.92 Å². The van der Waals surface area contributed by atoms with Gasteiger partial charge in [-0.3, -0.25) is 14.5 Å². The Morgan fingerprint density at radius 2 is 1.96 bits per heavy atom. The number of rotatable bonds is 6. The molecule has 7 heteroatoms. The number of nitrogens with zero attached hydrogens (tertiary/aromatic N) is 1. The van der Waals surface area contributed by atoms with Crippen molar-refractivity contribution in [2.75, 3.05) is 20.2 Å². The first-order chi connectivity index (χ1) is 10.9. The minimum Gasteiger partial charge on any atom is -0.497 e. The number of urea groups is 1. The van der Waals surface area contributed by atoms with Gasteiger partial charge >= 0.3 is 6.03 Å². The van der Waals surface area contributed by atoms with Gasteiger partial charge in [0.15, 0.2) is 0 Å². The van der Waals surface area contributed by atoms with Gasteiger partial charge in [-0.2, -0.15) is 0 Å². The molecule has 0 radical (unpaired) electrons. The van der Waals surface area contributed by atoms with Crippen LogP contribution in [-0.4, -0.2) is 42.9 Å². The van der Waals surface area contributed by atoms with E-state index in [0.717, 1.165) is 11.3 Å². The van der Waals surface area contributed by atoms with Gasteiger partial charge in [-0.15, -0.1) is 0 Å². The average molecular weight is 319 g/mol. The molecule has 1 fully saturated rings. The van der Waals surface area contributed by atoms with E-state index in [2.05, 4.69) is 10.6 Å². The number of carbonyl (C=O) groups excluding carboxylic acids is 3. The van der Waals surface area contributed by atoms with Crippen molar-refractivity contribution in [3.63, 3.8) is 0 Å². The maximum atomic E-state index is 12.6. The SMILES string of the molecule is CCCNC(=O)CN1C(=O)NC(C)(c2ccc(OC)cc2)C1=O. The molecule has 1 aliphatic heterocycles. The summed E-state index contributed by atoms with van der Waals surface area (Å²) in [7, 11) is 1.55. The lowest BCUT2D eigenvalue weighted by Crippen LogP contribution is -2.43. The second-order valence-electron chi connectivity index (χ2n) is 5.52. The maximum Gasteiger partial charge on any atom is 0.325 e. The fraction of sp³-hybridized carbons (Fsp3) is 0.438. The summed E-state index contributed by atoms with van der Waals surface area (Å²) < 4.78 is 5.09. The fourth-order valence-electron chi connectivity index (χ4n) is 2.42. The summed E-state index contributed by atoms with van der Waals surface area (Å²) in [6, 6.07) is 6.31. The first-order valence-electron chi connectivity index (χ1n) is 7.47. The van der Waals surface area contributed by atoms with Gasteiger partial charge in [0.05, 0.1) is 7.11 Å². The summed E-state index contributed by atoms with van der Waals surface area (Å²) in [5, 5.41) is 5.32. The lowest BCUT2D eigenvalue weighted by Gasteiger charge is -2.22. The van der Waals surface area contributed by atoms with E-state index >= 15 is 0 Å². The van der Waals surface area contributed by atoms with Crippen LogP contribution >= 0.6 is 0 Å². The Balaban J connectivity index is 2.16. The van der Waals surface area contributed by atoms with Crippen LogP contribution in [-0.2, 0) is 15.1 Å². The van der Waals surface area contributed by atoms with Crippen molar-refractivity contribution in [1.29, 1.82) is 0 Å². The van der Waals surface area contributed by atoms with Crippen molar-refractivity contribution in [3.8, 4) is 5.75 Å². The molecule has 1 aromatic carbocycles. The summed E-state index contributed by atoms with van der Waals surface area (Å²) >= 11 is 0. The second kappa shape index (κ2) is 6.68. The number of imide groups is 1. The number of methoxy groups -OCH3 is 1. The number of carbonyl (C=O) groups is 3. The van der Waals surface area contributed by atoms with Gasteiger partial charge < -0.3 is 15.4 Å². The number of hydrogen-bond donors (Lipinski definition) is 2. The molecule has 4 amide bonds. The quantitative estimate of drug-likeness (QED) is 0.765. The van der Waals surface area contributed by atoms with Crippen LogP contribution in [0.5, 0.6) is 5.75 Å². The summed E-state index contributed by atoms with van der Waals surface area (Å²) in [5.74, 6) is -0.140. The highest BCUT2D eigenvalue weighted by molar-refractivity contribution is 6.09. The third kappa shape index (κ3) is 3.28. The number of hydrogen-bond acceptors (Lipinski definition) is 4. The Hall–Kier alpha value is -2.57. The Labute approximate surface area is 135 Å². The Morgan fingerprint density at radius 1 is 1.30 bits per heavy atom. The lowest BCUT2D eigenvalue weighted by atomic mass is 9.92. The van der Waals surface area contributed by atoms with Gasteiger partial charge in [-0.25, -0.2) is 4.79 Å². The van der Waals surface area contributed by atoms with E-state index in [1.54, 1.807) is 38.3 Å². The summed E-state index contributed by atoms with van der Waals surface area (Å²) in [5.41, 5.74) is -0.554. The molecule has 1 atom stereocenters. The van der Waals surface area contributed by atoms with E-state index in [9.17, 15) is 14.4 Å². The van der Waals surface area contributed by atoms with Crippen LogP contribution in [0.15, 0.2) is 24.3 Å². The predicted molar refractivity (Wildman–Crippen MR) is 83.9 cm³/mol. The summed E-state index contributed by atoms with van der Waals surface area (Å²) in [6.07, 6.45) is 0.787. The smallest absolute Gasteiger partial charge is 0.325 e. The zero-order chi connectivity index (χ0) is 17.0. The normalized spacial score (nSPS) is 20.4. The minimum absolute atomic E-state index is 0.281. The third-order valence-electron chi connectivity index (χ3n) is 3.82. The monoisotopic (exact) mass is 319 g/mol. The van der Waals surface area contributed by atoms with Crippen molar-refractivity contribution < 1.29 is 19.1 Å². The van der Waals surface area contributed by atoms with E-state index in [1.165, 1.54) is 0 Å². The van der Waals surface area contributed by atoms with Crippen molar-refractivity contribution in [1.82, 2.24) is 15.5 Å². The molecule has 1 aromatic rings. The molecule has 1 saturated heterocycles. The molecule has 2 N–H and O–H groups in total. The zero-order valence-electron chi connectivity index (χ0n) is 13.5. The topological polar surface area (TPSA) is 87.7 Å². The van der Waals surface area contributed by atoms with E-state index in [4.69, 9.17) is 4.74 Å². The number of nitrogens with one attached hydrogen (secondary N) is 2. The zero-order valence-corrected chi connectivity index (χ0v) is 13.5. The maximum absolute atomic E-state index is 12.6. The van der Waals surface area contributed by atoms with E-state index in [-0.39, 0.29) is 12.5 Å². The van der Waals surface area contributed by atoms with Crippen LogP contribution in [0.3, 0.4) is 0 Å². The molecule has 1 unspecified atom stereocenters. The minimum atomic E-state index is -1.19.